The van der Waals surface area contributed by atoms with Crippen LogP contribution in [0.3, 0.4) is 0 Å². The lowest BCUT2D eigenvalue weighted by molar-refractivity contribution is 0.304. The van der Waals surface area contributed by atoms with Gasteiger partial charge in [0.1, 0.15) is 5.75 Å². The highest BCUT2D eigenvalue weighted by Gasteiger charge is 2.10. The summed E-state index contributed by atoms with van der Waals surface area (Å²) in [5.41, 5.74) is 1.72. The Balaban J connectivity index is 1.27. The molecular formula is C28H37ClN2O2. The van der Waals surface area contributed by atoms with Crippen LogP contribution in [0, 0.1) is 0 Å². The van der Waals surface area contributed by atoms with Crippen LogP contribution in [-0.4, -0.2) is 16.8 Å². The average Bonchev–Trinajstić information content (AvgIpc) is 3.33. The smallest absolute Gasteiger partial charge is 0.248 e. The molecule has 5 heteroatoms. The fourth-order valence-electron chi connectivity index (χ4n) is 3.88. The van der Waals surface area contributed by atoms with Crippen molar-refractivity contribution in [1.82, 2.24) is 10.2 Å². The van der Waals surface area contributed by atoms with Crippen LogP contribution in [0.4, 0.5) is 0 Å². The summed E-state index contributed by atoms with van der Waals surface area (Å²) in [5.74, 6) is 1.85. The minimum atomic E-state index is 0.481. The highest BCUT2D eigenvalue weighted by atomic mass is 35.5. The molecule has 1 aromatic heterocycles. The van der Waals surface area contributed by atoms with E-state index in [9.17, 15) is 0 Å². The molecule has 0 saturated carbocycles. The van der Waals surface area contributed by atoms with Crippen molar-refractivity contribution in [1.29, 1.82) is 0 Å². The van der Waals surface area contributed by atoms with Crippen molar-refractivity contribution in [2.24, 2.45) is 0 Å². The van der Waals surface area contributed by atoms with Gasteiger partial charge in [0.05, 0.1) is 6.61 Å². The van der Waals surface area contributed by atoms with Gasteiger partial charge in [-0.3, -0.25) is 0 Å². The molecule has 0 radical (unpaired) electrons. The number of halogens is 1. The minimum absolute atomic E-state index is 0.481. The number of aromatic nitrogens is 2. The van der Waals surface area contributed by atoms with Crippen molar-refractivity contribution in [3.8, 4) is 28.7 Å². The second-order valence-corrected chi connectivity index (χ2v) is 9.12. The van der Waals surface area contributed by atoms with E-state index in [-0.39, 0.29) is 0 Å². The molecule has 0 atom stereocenters. The van der Waals surface area contributed by atoms with Crippen LogP contribution < -0.4 is 4.74 Å². The maximum Gasteiger partial charge on any atom is 0.248 e. The molecule has 33 heavy (non-hydrogen) atoms. The van der Waals surface area contributed by atoms with Gasteiger partial charge in [0, 0.05) is 16.1 Å². The summed E-state index contributed by atoms with van der Waals surface area (Å²) in [6, 6.07) is 15.2. The third-order valence-electron chi connectivity index (χ3n) is 5.88. The second-order valence-electron chi connectivity index (χ2n) is 8.68. The van der Waals surface area contributed by atoms with Gasteiger partial charge in [-0.25, -0.2) is 0 Å². The van der Waals surface area contributed by atoms with E-state index in [1.54, 1.807) is 0 Å². The molecule has 1 heterocycles. The van der Waals surface area contributed by atoms with Crippen molar-refractivity contribution in [3.05, 3.63) is 53.6 Å². The molecule has 0 saturated heterocycles. The molecule has 3 rings (SSSR count). The maximum absolute atomic E-state index is 5.94. The summed E-state index contributed by atoms with van der Waals surface area (Å²) >= 11 is 5.94. The molecule has 4 nitrogen and oxygen atoms in total. The lowest BCUT2D eigenvalue weighted by atomic mass is 10.1. The molecule has 0 unspecified atom stereocenters. The van der Waals surface area contributed by atoms with E-state index in [0.29, 0.717) is 16.8 Å². The zero-order valence-electron chi connectivity index (χ0n) is 19.9. The summed E-state index contributed by atoms with van der Waals surface area (Å²) < 4.78 is 11.7. The van der Waals surface area contributed by atoms with Crippen molar-refractivity contribution >= 4 is 11.6 Å². The zero-order chi connectivity index (χ0) is 23.1. The van der Waals surface area contributed by atoms with E-state index in [1.165, 1.54) is 70.6 Å². The Hall–Kier alpha value is -2.33. The predicted octanol–water partition coefficient (Wildman–Crippen LogP) is 9.14. The second kappa shape index (κ2) is 14.7. The Morgan fingerprint density at radius 2 is 1.09 bits per heavy atom. The molecule has 178 valence electrons. The van der Waals surface area contributed by atoms with Crippen LogP contribution in [0.2, 0.25) is 5.02 Å². The Morgan fingerprint density at radius 1 is 0.636 bits per heavy atom. The first-order chi connectivity index (χ1) is 16.3. The minimum Gasteiger partial charge on any atom is -0.494 e. The number of hydrogen-bond donors (Lipinski definition) is 0. The van der Waals surface area contributed by atoms with Gasteiger partial charge in [0.15, 0.2) is 0 Å². The molecule has 0 N–H and O–H groups in total. The van der Waals surface area contributed by atoms with E-state index >= 15 is 0 Å². The van der Waals surface area contributed by atoms with Gasteiger partial charge < -0.3 is 9.15 Å². The third kappa shape index (κ3) is 9.21. The molecule has 0 fully saturated rings. The highest BCUT2D eigenvalue weighted by Crippen LogP contribution is 2.26. The molecule has 0 bridgehead atoms. The molecule has 0 aliphatic rings. The van der Waals surface area contributed by atoms with Crippen molar-refractivity contribution in [3.63, 3.8) is 0 Å². The van der Waals surface area contributed by atoms with Crippen molar-refractivity contribution < 1.29 is 9.15 Å². The fourth-order valence-corrected chi connectivity index (χ4v) is 4.00. The Kier molecular flexibility index (Phi) is 11.3. The SMILES string of the molecule is CCCCCCCCCCCCCCOc1ccc(-c2nnc(-c3ccc(Cl)cc3)o2)cc1. The van der Waals surface area contributed by atoms with Gasteiger partial charge in [0.2, 0.25) is 11.8 Å². The third-order valence-corrected chi connectivity index (χ3v) is 6.14. The van der Waals surface area contributed by atoms with Gasteiger partial charge in [-0.15, -0.1) is 10.2 Å². The summed E-state index contributed by atoms with van der Waals surface area (Å²) in [5, 5.41) is 8.98. The Morgan fingerprint density at radius 3 is 1.61 bits per heavy atom. The number of rotatable bonds is 16. The van der Waals surface area contributed by atoms with Gasteiger partial charge in [0.25, 0.3) is 0 Å². The van der Waals surface area contributed by atoms with Gasteiger partial charge in [-0.2, -0.15) is 0 Å². The van der Waals surface area contributed by atoms with Crippen LogP contribution >= 0.6 is 11.6 Å². The predicted molar refractivity (Wildman–Crippen MR) is 137 cm³/mol. The van der Waals surface area contributed by atoms with Crippen LogP contribution in [0.5, 0.6) is 5.75 Å². The normalized spacial score (nSPS) is 11.1. The van der Waals surface area contributed by atoms with Crippen LogP contribution in [0.15, 0.2) is 52.9 Å². The fraction of sp³-hybridized carbons (Fsp3) is 0.500. The molecule has 0 aliphatic heterocycles. The number of unbranched alkanes of at least 4 members (excludes halogenated alkanes) is 11. The molecular weight excluding hydrogens is 432 g/mol. The highest BCUT2D eigenvalue weighted by molar-refractivity contribution is 6.30. The molecule has 3 aromatic rings. The first kappa shape index (κ1) is 25.3. The topological polar surface area (TPSA) is 48.2 Å². The summed E-state index contributed by atoms with van der Waals surface area (Å²) in [6.45, 7) is 3.04. The summed E-state index contributed by atoms with van der Waals surface area (Å²) in [7, 11) is 0. The van der Waals surface area contributed by atoms with Gasteiger partial charge in [-0.05, 0) is 55.0 Å². The Bertz CT molecular complexity index is 906. The molecule has 0 spiro atoms. The van der Waals surface area contributed by atoms with Crippen LogP contribution in [0.1, 0.15) is 84.0 Å². The summed E-state index contributed by atoms with van der Waals surface area (Å²) in [6.07, 6.45) is 16.2. The number of hydrogen-bond acceptors (Lipinski definition) is 4. The van der Waals surface area contributed by atoms with E-state index < -0.39 is 0 Å². The molecule has 2 aromatic carbocycles. The number of benzene rings is 2. The van der Waals surface area contributed by atoms with Gasteiger partial charge >= 0.3 is 0 Å². The quantitative estimate of drug-likeness (QED) is 0.196. The number of ether oxygens (including phenoxy) is 1. The maximum atomic E-state index is 5.94. The van der Waals surface area contributed by atoms with Crippen molar-refractivity contribution in [2.75, 3.05) is 6.61 Å². The Labute approximate surface area is 203 Å². The van der Waals surface area contributed by atoms with E-state index in [1.807, 2.05) is 48.5 Å². The lowest BCUT2D eigenvalue weighted by Gasteiger charge is -2.06. The average molecular weight is 469 g/mol. The van der Waals surface area contributed by atoms with E-state index in [2.05, 4.69) is 17.1 Å². The lowest BCUT2D eigenvalue weighted by Crippen LogP contribution is -1.97. The number of nitrogens with zero attached hydrogens (tertiary/aromatic N) is 2. The monoisotopic (exact) mass is 468 g/mol. The largest absolute Gasteiger partial charge is 0.494 e. The molecule has 0 aliphatic carbocycles. The summed E-state index contributed by atoms with van der Waals surface area (Å²) in [4.78, 5) is 0. The van der Waals surface area contributed by atoms with E-state index in [4.69, 9.17) is 20.8 Å². The van der Waals surface area contributed by atoms with Crippen molar-refractivity contribution in [2.45, 2.75) is 84.0 Å². The molecule has 0 amide bonds. The van der Waals surface area contributed by atoms with E-state index in [0.717, 1.165) is 29.9 Å². The first-order valence-corrected chi connectivity index (χ1v) is 13.0. The standard InChI is InChI=1S/C28H37ClN2O2/c1-2-3-4-5-6-7-8-9-10-11-12-13-22-32-26-20-16-24(17-21-26)28-31-30-27(33-28)23-14-18-25(29)19-15-23/h14-21H,2-13,22H2,1H3. The van der Waals surface area contributed by atoms with Crippen LogP contribution in [-0.2, 0) is 0 Å². The first-order valence-electron chi connectivity index (χ1n) is 12.6. The zero-order valence-corrected chi connectivity index (χ0v) is 20.7. The van der Waals surface area contributed by atoms with Crippen LogP contribution in [0.25, 0.3) is 22.9 Å². The van der Waals surface area contributed by atoms with Gasteiger partial charge in [-0.1, -0.05) is 89.2 Å².